The van der Waals surface area contributed by atoms with Crippen LogP contribution in [0.5, 0.6) is 0 Å². The van der Waals surface area contributed by atoms with E-state index in [-0.39, 0.29) is 11.5 Å². The number of carbonyl (C=O) groups is 1. The lowest BCUT2D eigenvalue weighted by Crippen LogP contribution is -2.26. The van der Waals surface area contributed by atoms with E-state index in [0.29, 0.717) is 18.5 Å². The molecule has 0 saturated heterocycles. The van der Waals surface area contributed by atoms with E-state index in [2.05, 4.69) is 34.6 Å². The van der Waals surface area contributed by atoms with Gasteiger partial charge in [0.05, 0.1) is 5.69 Å². The Hall–Kier alpha value is -3.21. The second kappa shape index (κ2) is 9.08. The van der Waals surface area contributed by atoms with Crippen molar-refractivity contribution in [3.63, 3.8) is 0 Å². The number of aromatic nitrogens is 2. The molecule has 1 aliphatic carbocycles. The van der Waals surface area contributed by atoms with Crippen molar-refractivity contribution in [2.45, 2.75) is 45.4 Å². The number of benzene rings is 2. The van der Waals surface area contributed by atoms with Gasteiger partial charge in [-0.15, -0.1) is 0 Å². The lowest BCUT2D eigenvalue weighted by molar-refractivity contribution is 0.0954. The lowest BCUT2D eigenvalue weighted by Gasteiger charge is -2.17. The van der Waals surface area contributed by atoms with Gasteiger partial charge in [-0.3, -0.25) is 9.59 Å². The topological polar surface area (TPSA) is 74.8 Å². The maximum absolute atomic E-state index is 12.6. The molecular formula is C25H27N3O2. The molecular weight excluding hydrogens is 374 g/mol. The van der Waals surface area contributed by atoms with Gasteiger partial charge in [0.25, 0.3) is 11.5 Å². The standard InChI is InChI=1S/C25H27N3O2/c1-17-7-2-3-9-19(17)13-14-26-24(29)20-10-6-8-18(15-20)16-23-21-11-4-5-12-22(21)25(30)28-27-23/h2-3,6-10,15H,4-5,11-14,16H2,1H3,(H,26,29)(H,28,30). The van der Waals surface area contributed by atoms with Crippen LogP contribution in [0.2, 0.25) is 0 Å². The number of aryl methyl sites for hydroxylation is 1. The third kappa shape index (κ3) is 4.51. The average Bonchev–Trinajstić information content (AvgIpc) is 2.77. The van der Waals surface area contributed by atoms with Gasteiger partial charge in [-0.2, -0.15) is 5.10 Å². The Kier molecular flexibility index (Phi) is 6.07. The molecule has 2 N–H and O–H groups in total. The second-order valence-corrected chi connectivity index (χ2v) is 7.97. The van der Waals surface area contributed by atoms with E-state index >= 15 is 0 Å². The molecule has 1 amide bonds. The zero-order valence-electron chi connectivity index (χ0n) is 17.3. The van der Waals surface area contributed by atoms with E-state index in [1.165, 1.54) is 11.1 Å². The number of fused-ring (bicyclic) bond motifs is 1. The number of nitrogens with one attached hydrogen (secondary N) is 2. The summed E-state index contributed by atoms with van der Waals surface area (Å²) in [4.78, 5) is 24.7. The second-order valence-electron chi connectivity index (χ2n) is 7.97. The summed E-state index contributed by atoms with van der Waals surface area (Å²) in [7, 11) is 0. The molecule has 0 aliphatic heterocycles. The number of H-pyrrole nitrogens is 1. The predicted molar refractivity (Wildman–Crippen MR) is 118 cm³/mol. The Morgan fingerprint density at radius 2 is 1.87 bits per heavy atom. The molecule has 154 valence electrons. The van der Waals surface area contributed by atoms with Gasteiger partial charge in [-0.05, 0) is 73.4 Å². The van der Waals surface area contributed by atoms with Crippen molar-refractivity contribution in [2.75, 3.05) is 6.54 Å². The summed E-state index contributed by atoms with van der Waals surface area (Å²) in [5, 5.41) is 9.98. The Labute approximate surface area is 176 Å². The van der Waals surface area contributed by atoms with Crippen molar-refractivity contribution in [1.82, 2.24) is 15.5 Å². The van der Waals surface area contributed by atoms with Crippen molar-refractivity contribution < 1.29 is 4.79 Å². The van der Waals surface area contributed by atoms with E-state index in [1.54, 1.807) is 0 Å². The first-order chi connectivity index (χ1) is 14.6. The Morgan fingerprint density at radius 1 is 1.07 bits per heavy atom. The first-order valence-corrected chi connectivity index (χ1v) is 10.6. The summed E-state index contributed by atoms with van der Waals surface area (Å²) in [5.41, 5.74) is 7.00. The SMILES string of the molecule is Cc1ccccc1CCNC(=O)c1cccc(Cc2n[nH]c(=O)c3c2CCCC3)c1. The zero-order valence-corrected chi connectivity index (χ0v) is 17.3. The summed E-state index contributed by atoms with van der Waals surface area (Å²) in [5.74, 6) is -0.0677. The summed E-state index contributed by atoms with van der Waals surface area (Å²) >= 11 is 0. The van der Waals surface area contributed by atoms with E-state index in [9.17, 15) is 9.59 Å². The largest absolute Gasteiger partial charge is 0.352 e. The number of hydrogen-bond acceptors (Lipinski definition) is 3. The number of rotatable bonds is 6. The number of amides is 1. The number of carbonyl (C=O) groups excluding carboxylic acids is 1. The van der Waals surface area contributed by atoms with Crippen LogP contribution in [0.4, 0.5) is 0 Å². The molecule has 3 aromatic rings. The van der Waals surface area contributed by atoms with E-state index in [1.807, 2.05) is 36.4 Å². The lowest BCUT2D eigenvalue weighted by atomic mass is 9.90. The fourth-order valence-electron chi connectivity index (χ4n) is 4.19. The van der Waals surface area contributed by atoms with Gasteiger partial charge in [-0.25, -0.2) is 5.10 Å². The Bertz CT molecular complexity index is 1120. The highest BCUT2D eigenvalue weighted by Gasteiger charge is 2.18. The third-order valence-electron chi connectivity index (χ3n) is 5.88. The van der Waals surface area contributed by atoms with Crippen molar-refractivity contribution in [3.05, 3.63) is 98.0 Å². The maximum atomic E-state index is 12.6. The molecule has 4 rings (SSSR count). The highest BCUT2D eigenvalue weighted by atomic mass is 16.1. The molecule has 0 radical (unpaired) electrons. The van der Waals surface area contributed by atoms with Gasteiger partial charge < -0.3 is 5.32 Å². The van der Waals surface area contributed by atoms with Crippen LogP contribution in [-0.2, 0) is 25.7 Å². The van der Waals surface area contributed by atoms with Crippen LogP contribution >= 0.6 is 0 Å². The molecule has 0 saturated carbocycles. The van der Waals surface area contributed by atoms with Crippen LogP contribution in [-0.4, -0.2) is 22.6 Å². The first-order valence-electron chi connectivity index (χ1n) is 10.6. The molecule has 0 atom stereocenters. The molecule has 5 heteroatoms. The molecule has 0 bridgehead atoms. The molecule has 0 fully saturated rings. The van der Waals surface area contributed by atoms with Crippen LogP contribution in [0.1, 0.15) is 56.7 Å². The highest BCUT2D eigenvalue weighted by molar-refractivity contribution is 5.94. The van der Waals surface area contributed by atoms with Gasteiger partial charge in [0.2, 0.25) is 0 Å². The van der Waals surface area contributed by atoms with Crippen molar-refractivity contribution >= 4 is 5.91 Å². The van der Waals surface area contributed by atoms with E-state index in [0.717, 1.165) is 54.5 Å². The predicted octanol–water partition coefficient (Wildman–Crippen LogP) is 3.52. The quantitative estimate of drug-likeness (QED) is 0.664. The van der Waals surface area contributed by atoms with Gasteiger partial charge in [0, 0.05) is 24.1 Å². The van der Waals surface area contributed by atoms with Crippen molar-refractivity contribution in [3.8, 4) is 0 Å². The minimum atomic E-state index is -0.0677. The van der Waals surface area contributed by atoms with Crippen LogP contribution in [0.25, 0.3) is 0 Å². The fourth-order valence-corrected chi connectivity index (χ4v) is 4.19. The van der Waals surface area contributed by atoms with Crippen molar-refractivity contribution in [1.29, 1.82) is 0 Å². The number of nitrogens with zero attached hydrogens (tertiary/aromatic N) is 1. The smallest absolute Gasteiger partial charge is 0.267 e. The van der Waals surface area contributed by atoms with Gasteiger partial charge in [0.15, 0.2) is 0 Å². The number of hydrogen-bond donors (Lipinski definition) is 2. The summed E-state index contributed by atoms with van der Waals surface area (Å²) < 4.78 is 0. The first kappa shape index (κ1) is 20.1. The summed E-state index contributed by atoms with van der Waals surface area (Å²) in [6, 6.07) is 15.9. The molecule has 1 aromatic heterocycles. The Balaban J connectivity index is 1.43. The zero-order chi connectivity index (χ0) is 20.9. The summed E-state index contributed by atoms with van der Waals surface area (Å²) in [6.45, 7) is 2.69. The molecule has 1 aliphatic rings. The third-order valence-corrected chi connectivity index (χ3v) is 5.88. The normalized spacial score (nSPS) is 13.0. The van der Waals surface area contributed by atoms with Crippen LogP contribution < -0.4 is 10.9 Å². The van der Waals surface area contributed by atoms with Gasteiger partial charge in [0.1, 0.15) is 0 Å². The molecule has 0 spiro atoms. The van der Waals surface area contributed by atoms with Crippen LogP contribution in [0.3, 0.4) is 0 Å². The summed E-state index contributed by atoms with van der Waals surface area (Å²) in [6.07, 6.45) is 5.30. The maximum Gasteiger partial charge on any atom is 0.267 e. The minimum absolute atomic E-state index is 0.0600. The van der Waals surface area contributed by atoms with Crippen LogP contribution in [0.15, 0.2) is 53.3 Å². The molecule has 1 heterocycles. The average molecular weight is 402 g/mol. The van der Waals surface area contributed by atoms with Gasteiger partial charge >= 0.3 is 0 Å². The monoisotopic (exact) mass is 401 g/mol. The fraction of sp³-hybridized carbons (Fsp3) is 0.320. The Morgan fingerprint density at radius 3 is 2.70 bits per heavy atom. The molecule has 0 unspecified atom stereocenters. The highest BCUT2D eigenvalue weighted by Crippen LogP contribution is 2.22. The molecule has 2 aromatic carbocycles. The number of aromatic amines is 1. The molecule has 30 heavy (non-hydrogen) atoms. The minimum Gasteiger partial charge on any atom is -0.352 e. The van der Waals surface area contributed by atoms with Gasteiger partial charge in [-0.1, -0.05) is 36.4 Å². The van der Waals surface area contributed by atoms with Crippen LogP contribution in [0, 0.1) is 6.92 Å². The van der Waals surface area contributed by atoms with E-state index < -0.39 is 0 Å². The van der Waals surface area contributed by atoms with E-state index in [4.69, 9.17) is 0 Å². The van der Waals surface area contributed by atoms with Crippen molar-refractivity contribution in [2.24, 2.45) is 0 Å². The molecule has 5 nitrogen and oxygen atoms in total.